The van der Waals surface area contributed by atoms with Crippen LogP contribution in [0, 0.1) is 0 Å². The van der Waals surface area contributed by atoms with Crippen LogP contribution in [-0.4, -0.2) is 40.4 Å². The lowest BCUT2D eigenvalue weighted by Crippen LogP contribution is -2.15. The number of benzene rings is 1. The summed E-state index contributed by atoms with van der Waals surface area (Å²) in [6.45, 7) is 3.09. The number of nitrogens with zero attached hydrogens (tertiary/aromatic N) is 5. The fraction of sp³-hybridized carbons (Fsp3) is 0.273. The largest absolute Gasteiger partial charge is 0.375 e. The van der Waals surface area contributed by atoms with Crippen molar-refractivity contribution in [1.82, 2.24) is 20.6 Å². The first kappa shape index (κ1) is 12.0. The SMILES string of the molecule is CCN(C)c1ccc(C=NNc2nn[nH]n2)cc1. The van der Waals surface area contributed by atoms with Crippen molar-refractivity contribution >= 4 is 17.9 Å². The molecule has 1 aromatic carbocycles. The Hall–Kier alpha value is -2.44. The molecule has 0 aliphatic heterocycles. The Labute approximate surface area is 105 Å². The molecule has 1 aromatic heterocycles. The topological polar surface area (TPSA) is 82.1 Å². The highest BCUT2D eigenvalue weighted by molar-refractivity contribution is 5.80. The lowest BCUT2D eigenvalue weighted by molar-refractivity contribution is 0.881. The molecule has 0 radical (unpaired) electrons. The highest BCUT2D eigenvalue weighted by Gasteiger charge is 1.97. The first-order chi connectivity index (χ1) is 8.79. The molecule has 7 heteroatoms. The van der Waals surface area contributed by atoms with Crippen molar-refractivity contribution in [1.29, 1.82) is 0 Å². The number of rotatable bonds is 5. The molecule has 0 bridgehead atoms. The number of hydrazone groups is 1. The van der Waals surface area contributed by atoms with Gasteiger partial charge in [-0.3, -0.25) is 0 Å². The maximum atomic E-state index is 4.01. The number of anilines is 2. The van der Waals surface area contributed by atoms with Crippen LogP contribution in [0.1, 0.15) is 12.5 Å². The molecule has 2 N–H and O–H groups in total. The molecule has 0 atom stereocenters. The molecule has 0 saturated heterocycles. The van der Waals surface area contributed by atoms with Gasteiger partial charge in [0.15, 0.2) is 0 Å². The molecule has 1 heterocycles. The van der Waals surface area contributed by atoms with Crippen LogP contribution in [0.3, 0.4) is 0 Å². The van der Waals surface area contributed by atoms with E-state index in [1.165, 1.54) is 5.69 Å². The van der Waals surface area contributed by atoms with Crippen molar-refractivity contribution in [2.24, 2.45) is 5.10 Å². The van der Waals surface area contributed by atoms with Crippen molar-refractivity contribution in [3.8, 4) is 0 Å². The summed E-state index contributed by atoms with van der Waals surface area (Å²) in [5, 5.41) is 17.2. The number of tetrazole rings is 1. The van der Waals surface area contributed by atoms with Gasteiger partial charge in [-0.25, -0.2) is 5.43 Å². The molecule has 2 aromatic rings. The average molecular weight is 245 g/mol. The zero-order valence-corrected chi connectivity index (χ0v) is 10.3. The molecular weight excluding hydrogens is 230 g/mol. The number of aromatic nitrogens is 4. The predicted octanol–water partition coefficient (Wildman–Crippen LogP) is 1.10. The van der Waals surface area contributed by atoms with Gasteiger partial charge >= 0.3 is 0 Å². The van der Waals surface area contributed by atoms with Crippen LogP contribution in [-0.2, 0) is 0 Å². The van der Waals surface area contributed by atoms with Gasteiger partial charge in [0.25, 0.3) is 5.95 Å². The number of nitrogens with one attached hydrogen (secondary N) is 2. The molecular formula is C11H15N7. The Balaban J connectivity index is 1.95. The van der Waals surface area contributed by atoms with Gasteiger partial charge in [0.1, 0.15) is 0 Å². The van der Waals surface area contributed by atoms with Crippen LogP contribution in [0.25, 0.3) is 0 Å². The minimum atomic E-state index is 0.341. The van der Waals surface area contributed by atoms with Crippen molar-refractivity contribution in [2.45, 2.75) is 6.92 Å². The fourth-order valence-electron chi connectivity index (χ4n) is 1.37. The van der Waals surface area contributed by atoms with Crippen LogP contribution in [0.4, 0.5) is 11.6 Å². The summed E-state index contributed by atoms with van der Waals surface area (Å²) in [6.07, 6.45) is 1.70. The molecule has 18 heavy (non-hydrogen) atoms. The second-order valence-electron chi connectivity index (χ2n) is 3.71. The van der Waals surface area contributed by atoms with Gasteiger partial charge in [-0.15, -0.1) is 5.10 Å². The second kappa shape index (κ2) is 5.76. The third-order valence-corrected chi connectivity index (χ3v) is 2.53. The lowest BCUT2D eigenvalue weighted by atomic mass is 10.2. The Kier molecular flexibility index (Phi) is 3.85. The van der Waals surface area contributed by atoms with E-state index in [0.29, 0.717) is 5.95 Å². The number of hydrogen-bond acceptors (Lipinski definition) is 6. The maximum Gasteiger partial charge on any atom is 0.283 e. The third kappa shape index (κ3) is 3.03. The second-order valence-corrected chi connectivity index (χ2v) is 3.71. The van der Waals surface area contributed by atoms with Gasteiger partial charge < -0.3 is 4.90 Å². The quantitative estimate of drug-likeness (QED) is 0.609. The van der Waals surface area contributed by atoms with Crippen LogP contribution < -0.4 is 10.3 Å². The molecule has 7 nitrogen and oxygen atoms in total. The van der Waals surface area contributed by atoms with E-state index >= 15 is 0 Å². The van der Waals surface area contributed by atoms with Gasteiger partial charge in [-0.1, -0.05) is 17.2 Å². The van der Waals surface area contributed by atoms with Crippen LogP contribution in [0.5, 0.6) is 0 Å². The molecule has 94 valence electrons. The van der Waals surface area contributed by atoms with E-state index in [1.54, 1.807) is 6.21 Å². The number of aromatic amines is 1. The van der Waals surface area contributed by atoms with Gasteiger partial charge in [-0.2, -0.15) is 10.3 Å². The Morgan fingerprint density at radius 1 is 1.39 bits per heavy atom. The van der Waals surface area contributed by atoms with E-state index in [0.717, 1.165) is 12.1 Å². The van der Waals surface area contributed by atoms with Crippen molar-refractivity contribution in [2.75, 3.05) is 23.9 Å². The van der Waals surface area contributed by atoms with Crippen molar-refractivity contribution in [3.63, 3.8) is 0 Å². The monoisotopic (exact) mass is 245 g/mol. The molecule has 2 rings (SSSR count). The molecule has 0 aliphatic carbocycles. The van der Waals surface area contributed by atoms with E-state index in [9.17, 15) is 0 Å². The summed E-state index contributed by atoms with van der Waals surface area (Å²) in [6, 6.07) is 8.12. The predicted molar refractivity (Wildman–Crippen MR) is 70.8 cm³/mol. The Morgan fingerprint density at radius 3 is 2.78 bits per heavy atom. The molecule has 0 saturated carbocycles. The van der Waals surface area contributed by atoms with Crippen molar-refractivity contribution < 1.29 is 0 Å². The first-order valence-electron chi connectivity index (χ1n) is 5.63. The van der Waals surface area contributed by atoms with E-state index in [2.05, 4.69) is 62.2 Å². The standard InChI is InChI=1S/C11H15N7/c1-3-18(2)10-6-4-9(5-7-10)8-12-13-11-14-16-17-15-11/h4-8H,3H2,1-2H3,(H2,13,14,15,16,17). The minimum Gasteiger partial charge on any atom is -0.375 e. The maximum absolute atomic E-state index is 4.01. The highest BCUT2D eigenvalue weighted by Crippen LogP contribution is 2.12. The van der Waals surface area contributed by atoms with Crippen LogP contribution in [0.2, 0.25) is 0 Å². The van der Waals surface area contributed by atoms with Gasteiger partial charge in [-0.05, 0) is 29.8 Å². The van der Waals surface area contributed by atoms with E-state index in [1.807, 2.05) is 12.1 Å². The number of H-pyrrole nitrogens is 1. The summed E-state index contributed by atoms with van der Waals surface area (Å²) in [5.74, 6) is 0.341. The normalized spacial score (nSPS) is 10.8. The molecule has 0 spiro atoms. The molecule has 0 amide bonds. The van der Waals surface area contributed by atoms with E-state index in [-0.39, 0.29) is 0 Å². The highest BCUT2D eigenvalue weighted by atomic mass is 15.5. The molecule has 0 unspecified atom stereocenters. The first-order valence-corrected chi connectivity index (χ1v) is 5.63. The summed E-state index contributed by atoms with van der Waals surface area (Å²) >= 11 is 0. The van der Waals surface area contributed by atoms with Crippen LogP contribution in [0.15, 0.2) is 29.4 Å². The fourth-order valence-corrected chi connectivity index (χ4v) is 1.37. The summed E-state index contributed by atoms with van der Waals surface area (Å²) in [4.78, 5) is 2.17. The minimum absolute atomic E-state index is 0.341. The Bertz CT molecular complexity index is 489. The van der Waals surface area contributed by atoms with Gasteiger partial charge in [0, 0.05) is 19.3 Å². The molecule has 0 fully saturated rings. The van der Waals surface area contributed by atoms with Gasteiger partial charge in [0.05, 0.1) is 6.21 Å². The summed E-state index contributed by atoms with van der Waals surface area (Å²) < 4.78 is 0. The smallest absolute Gasteiger partial charge is 0.283 e. The van der Waals surface area contributed by atoms with Crippen LogP contribution >= 0.6 is 0 Å². The zero-order valence-electron chi connectivity index (χ0n) is 10.3. The summed E-state index contributed by atoms with van der Waals surface area (Å²) in [7, 11) is 2.06. The van der Waals surface area contributed by atoms with Crippen molar-refractivity contribution in [3.05, 3.63) is 29.8 Å². The Morgan fingerprint density at radius 2 is 2.17 bits per heavy atom. The van der Waals surface area contributed by atoms with E-state index in [4.69, 9.17) is 0 Å². The van der Waals surface area contributed by atoms with E-state index < -0.39 is 0 Å². The zero-order chi connectivity index (χ0) is 12.8. The average Bonchev–Trinajstić information content (AvgIpc) is 2.92. The number of hydrogen-bond donors (Lipinski definition) is 2. The van der Waals surface area contributed by atoms with Gasteiger partial charge in [0.2, 0.25) is 0 Å². The lowest BCUT2D eigenvalue weighted by Gasteiger charge is -2.16. The summed E-state index contributed by atoms with van der Waals surface area (Å²) in [5.41, 5.74) is 4.85. The molecule has 0 aliphatic rings. The third-order valence-electron chi connectivity index (χ3n) is 2.53.